The maximum atomic E-state index is 13.2. The molecular formula is C38H43ClN8O4S. The number of thiophene rings is 1. The lowest BCUT2D eigenvalue weighted by molar-refractivity contribution is -0.122. The molecule has 4 heterocycles. The number of unbranched alkanes of at least 4 members (excludes halogenated alkanes) is 5. The van der Waals surface area contributed by atoms with E-state index in [-0.39, 0.29) is 30.2 Å². The van der Waals surface area contributed by atoms with Gasteiger partial charge >= 0.3 is 5.97 Å². The van der Waals surface area contributed by atoms with Crippen LogP contribution < -0.4 is 10.6 Å². The van der Waals surface area contributed by atoms with Crippen LogP contribution in [0.5, 0.6) is 0 Å². The summed E-state index contributed by atoms with van der Waals surface area (Å²) in [6.07, 6.45) is 6.74. The Morgan fingerprint density at radius 2 is 1.62 bits per heavy atom. The number of carboxylic acid groups (broad SMARTS) is 1. The second-order valence-electron chi connectivity index (χ2n) is 13.1. The number of carboxylic acids is 1. The minimum absolute atomic E-state index is 0.0536. The van der Waals surface area contributed by atoms with Gasteiger partial charge in [-0.2, -0.15) is 0 Å². The summed E-state index contributed by atoms with van der Waals surface area (Å²) in [6.45, 7) is 7.35. The fraction of sp³-hybridized carbons (Fsp3) is 0.395. The summed E-state index contributed by atoms with van der Waals surface area (Å²) >= 11 is 7.90. The van der Waals surface area contributed by atoms with E-state index < -0.39 is 12.0 Å². The average Bonchev–Trinajstić information content (AvgIpc) is 3.78. The van der Waals surface area contributed by atoms with Gasteiger partial charge < -0.3 is 20.7 Å². The van der Waals surface area contributed by atoms with E-state index >= 15 is 0 Å². The number of imidazole rings is 1. The quantitative estimate of drug-likeness (QED) is 0.0792. The number of aromatic amines is 1. The fourth-order valence-electron chi connectivity index (χ4n) is 6.49. The summed E-state index contributed by atoms with van der Waals surface area (Å²) in [5.74, 6) is 0.865. The van der Waals surface area contributed by atoms with Gasteiger partial charge in [0.25, 0.3) is 0 Å². The van der Waals surface area contributed by atoms with Gasteiger partial charge in [-0.05, 0) is 63.4 Å². The number of aromatic carboxylic acids is 1. The molecule has 0 spiro atoms. The highest BCUT2D eigenvalue weighted by Crippen LogP contribution is 2.39. The van der Waals surface area contributed by atoms with Gasteiger partial charge in [0, 0.05) is 47.0 Å². The number of hydrogen-bond donors (Lipinski definition) is 4. The van der Waals surface area contributed by atoms with Crippen molar-refractivity contribution in [2.24, 2.45) is 4.99 Å². The van der Waals surface area contributed by atoms with Crippen LogP contribution in [0.1, 0.15) is 107 Å². The summed E-state index contributed by atoms with van der Waals surface area (Å²) in [5, 5.41) is 25.9. The number of halogens is 1. The Morgan fingerprint density at radius 3 is 2.33 bits per heavy atom. The molecule has 1 aliphatic rings. The Balaban J connectivity index is 0.908. The number of aryl methyl sites for hydroxylation is 3. The molecule has 6 rings (SSSR count). The number of carbonyl (C=O) groups is 3. The number of amides is 2. The molecule has 0 saturated heterocycles. The van der Waals surface area contributed by atoms with E-state index in [0.29, 0.717) is 47.2 Å². The largest absolute Gasteiger partial charge is 0.478 e. The van der Waals surface area contributed by atoms with Crippen LogP contribution in [0.25, 0.3) is 16.0 Å². The van der Waals surface area contributed by atoms with Crippen molar-refractivity contribution in [3.05, 3.63) is 92.1 Å². The molecule has 0 fully saturated rings. The number of nitrogens with zero attached hydrogens (tertiary/aromatic N) is 5. The highest BCUT2D eigenvalue weighted by atomic mass is 35.5. The molecule has 14 heteroatoms. The molecule has 12 nitrogen and oxygen atoms in total. The van der Waals surface area contributed by atoms with Gasteiger partial charge in [0.2, 0.25) is 11.8 Å². The molecule has 4 N–H and O–H groups in total. The van der Waals surface area contributed by atoms with E-state index in [1.807, 2.05) is 31.2 Å². The lowest BCUT2D eigenvalue weighted by Gasteiger charge is -2.13. The minimum Gasteiger partial charge on any atom is -0.478 e. The van der Waals surface area contributed by atoms with Gasteiger partial charge in [-0.3, -0.25) is 19.1 Å². The number of aliphatic imine (C=N–C) groups is 1. The first-order valence-corrected chi connectivity index (χ1v) is 18.9. The second-order valence-corrected chi connectivity index (χ2v) is 14.8. The van der Waals surface area contributed by atoms with Crippen LogP contribution in [0.4, 0.5) is 0 Å². The fourth-order valence-corrected chi connectivity index (χ4v) is 7.83. The number of benzene rings is 2. The predicted octanol–water partition coefficient (Wildman–Crippen LogP) is 6.97. The minimum atomic E-state index is -1.03. The Kier molecular flexibility index (Phi) is 11.8. The number of aromatic nitrogens is 5. The van der Waals surface area contributed by atoms with Crippen molar-refractivity contribution in [1.82, 2.24) is 35.4 Å². The SMILES string of the molecule is Cc1sc2c(c1C)C(c1ccc(Cl)cc1)=N[C@@H](CC(=O)NCCCCCCCCNC(=O)CCc1nc3c(C(=O)O)cccc3[nH]1)c1nnc(C)n1-2. The van der Waals surface area contributed by atoms with Gasteiger partial charge in [0.15, 0.2) is 5.82 Å². The predicted molar refractivity (Wildman–Crippen MR) is 203 cm³/mol. The van der Waals surface area contributed by atoms with Crippen molar-refractivity contribution < 1.29 is 19.5 Å². The van der Waals surface area contributed by atoms with Gasteiger partial charge in [0.05, 0.1) is 23.2 Å². The van der Waals surface area contributed by atoms with Crippen LogP contribution in [0.3, 0.4) is 0 Å². The van der Waals surface area contributed by atoms with Crippen LogP contribution in [-0.2, 0) is 16.0 Å². The summed E-state index contributed by atoms with van der Waals surface area (Å²) in [6, 6.07) is 12.1. The van der Waals surface area contributed by atoms with Crippen LogP contribution >= 0.6 is 22.9 Å². The lowest BCUT2D eigenvalue weighted by atomic mass is 9.99. The monoisotopic (exact) mass is 742 g/mol. The third kappa shape index (κ3) is 8.42. The standard InChI is InChI=1S/C38H43ClN8O4S/c1-22-23(2)52-37-33(22)34(25-13-15-26(39)16-14-25)43-29(36-46-45-24(3)47(36)37)21-32(49)41-20-9-7-5-4-6-8-19-40-31(48)18-17-30-42-28-12-10-11-27(38(50)51)35(28)44-30/h10-16,29H,4-9,17-21H2,1-3H3,(H,40,48)(H,41,49)(H,42,44)(H,50,51)/t29-/m0/s1. The number of carbonyl (C=O) groups excluding carboxylic acids is 2. The molecule has 0 saturated carbocycles. The Bertz CT molecular complexity index is 2120. The molecule has 5 aromatic rings. The summed E-state index contributed by atoms with van der Waals surface area (Å²) in [4.78, 5) is 50.8. The van der Waals surface area contributed by atoms with Gasteiger partial charge in [-0.1, -0.05) is 55.5 Å². The number of nitrogens with one attached hydrogen (secondary N) is 3. The smallest absolute Gasteiger partial charge is 0.337 e. The molecule has 272 valence electrons. The van der Waals surface area contributed by atoms with E-state index in [2.05, 4.69) is 49.2 Å². The van der Waals surface area contributed by atoms with Gasteiger partial charge in [-0.15, -0.1) is 21.5 Å². The number of para-hydroxylation sites is 1. The van der Waals surface area contributed by atoms with Crippen LogP contribution in [0, 0.1) is 20.8 Å². The molecule has 3 aromatic heterocycles. The van der Waals surface area contributed by atoms with Crippen molar-refractivity contribution >= 4 is 57.5 Å². The molecule has 0 aliphatic carbocycles. The highest BCUT2D eigenvalue weighted by Gasteiger charge is 2.32. The first-order chi connectivity index (χ1) is 25.1. The van der Waals surface area contributed by atoms with Crippen molar-refractivity contribution in [3.63, 3.8) is 0 Å². The zero-order chi connectivity index (χ0) is 36.8. The summed E-state index contributed by atoms with van der Waals surface area (Å²) in [7, 11) is 0. The van der Waals surface area contributed by atoms with E-state index in [1.165, 1.54) is 10.9 Å². The van der Waals surface area contributed by atoms with Gasteiger partial charge in [-0.25, -0.2) is 9.78 Å². The van der Waals surface area contributed by atoms with E-state index in [9.17, 15) is 19.5 Å². The summed E-state index contributed by atoms with van der Waals surface area (Å²) < 4.78 is 2.05. The molecule has 0 bridgehead atoms. The lowest BCUT2D eigenvalue weighted by Crippen LogP contribution is -2.26. The molecule has 2 aromatic carbocycles. The molecule has 1 aliphatic heterocycles. The number of fused-ring (bicyclic) bond motifs is 4. The number of H-pyrrole nitrogens is 1. The number of rotatable bonds is 16. The van der Waals surface area contributed by atoms with Crippen LogP contribution in [0.15, 0.2) is 47.5 Å². The Labute approximate surface area is 311 Å². The Hall–Kier alpha value is -4.88. The molecule has 0 radical (unpaired) electrons. The van der Waals surface area contributed by atoms with Crippen molar-refractivity contribution in [2.75, 3.05) is 13.1 Å². The zero-order valence-electron chi connectivity index (χ0n) is 29.6. The maximum Gasteiger partial charge on any atom is 0.337 e. The first-order valence-electron chi connectivity index (χ1n) is 17.7. The Morgan fingerprint density at radius 1 is 0.923 bits per heavy atom. The summed E-state index contributed by atoms with van der Waals surface area (Å²) in [5.41, 5.74) is 5.16. The molecular weight excluding hydrogens is 700 g/mol. The first kappa shape index (κ1) is 36.9. The average molecular weight is 743 g/mol. The molecule has 2 amide bonds. The number of hydrogen-bond acceptors (Lipinski definition) is 8. The highest BCUT2D eigenvalue weighted by molar-refractivity contribution is 7.15. The van der Waals surface area contributed by atoms with Crippen molar-refractivity contribution in [1.29, 1.82) is 0 Å². The normalized spacial score (nSPS) is 13.7. The van der Waals surface area contributed by atoms with Crippen molar-refractivity contribution in [2.45, 2.75) is 84.6 Å². The van der Waals surface area contributed by atoms with E-state index in [4.69, 9.17) is 16.6 Å². The molecule has 1 atom stereocenters. The van der Waals surface area contributed by atoms with Crippen LogP contribution in [0.2, 0.25) is 5.02 Å². The van der Waals surface area contributed by atoms with Crippen molar-refractivity contribution in [3.8, 4) is 5.00 Å². The third-order valence-corrected chi connectivity index (χ3v) is 10.8. The van der Waals surface area contributed by atoms with Crippen LogP contribution in [-0.4, -0.2) is 66.4 Å². The topological polar surface area (TPSA) is 167 Å². The van der Waals surface area contributed by atoms with E-state index in [0.717, 1.165) is 71.8 Å². The van der Waals surface area contributed by atoms with E-state index in [1.54, 1.807) is 23.5 Å². The van der Waals surface area contributed by atoms with Gasteiger partial charge in [0.1, 0.15) is 28.2 Å². The molecule has 52 heavy (non-hydrogen) atoms. The second kappa shape index (κ2) is 16.6. The third-order valence-electron chi connectivity index (χ3n) is 9.36. The molecule has 0 unspecified atom stereocenters. The maximum absolute atomic E-state index is 13.2. The zero-order valence-corrected chi connectivity index (χ0v) is 31.2.